The van der Waals surface area contributed by atoms with Crippen molar-refractivity contribution in [1.29, 1.82) is 0 Å². The lowest BCUT2D eigenvalue weighted by molar-refractivity contribution is 0.214. The van der Waals surface area contributed by atoms with E-state index in [-0.39, 0.29) is 24.7 Å². The fourth-order valence-corrected chi connectivity index (χ4v) is 2.96. The van der Waals surface area contributed by atoms with Crippen LogP contribution in [0.15, 0.2) is 47.8 Å². The molecule has 1 aromatic carbocycles. The fraction of sp³-hybridized carbons (Fsp3) is 0.312. The van der Waals surface area contributed by atoms with Gasteiger partial charge in [-0.2, -0.15) is 0 Å². The van der Waals surface area contributed by atoms with Crippen molar-refractivity contribution < 1.29 is 9.90 Å². The number of aliphatic hydroxyl groups excluding tert-OH is 1. The van der Waals surface area contributed by atoms with Crippen molar-refractivity contribution >= 4 is 17.4 Å². The molecule has 21 heavy (non-hydrogen) atoms. The minimum atomic E-state index is -0.389. The normalized spacial score (nSPS) is 13.4. The zero-order chi connectivity index (χ0) is 15.1. The maximum Gasteiger partial charge on any atom is 0.315 e. The lowest BCUT2D eigenvalue weighted by Crippen LogP contribution is -2.43. The molecule has 2 aromatic rings. The molecule has 4 nitrogen and oxygen atoms in total. The van der Waals surface area contributed by atoms with Crippen LogP contribution in [-0.2, 0) is 6.42 Å². The summed E-state index contributed by atoms with van der Waals surface area (Å²) in [6.45, 7) is 1.84. The van der Waals surface area contributed by atoms with Crippen LogP contribution in [0.1, 0.15) is 23.4 Å². The number of hydrogen-bond acceptors (Lipinski definition) is 3. The van der Waals surface area contributed by atoms with Gasteiger partial charge in [-0.15, -0.1) is 11.3 Å². The molecule has 0 aliphatic heterocycles. The summed E-state index contributed by atoms with van der Waals surface area (Å²) >= 11 is 1.68. The molecule has 0 aliphatic carbocycles. The lowest BCUT2D eigenvalue weighted by Gasteiger charge is -2.19. The molecule has 1 aromatic heterocycles. The fourth-order valence-electron chi connectivity index (χ4n) is 2.12. The number of rotatable bonds is 6. The molecule has 2 rings (SSSR count). The summed E-state index contributed by atoms with van der Waals surface area (Å²) in [6, 6.07) is 12.9. The third-order valence-electron chi connectivity index (χ3n) is 3.15. The number of benzene rings is 1. The molecular formula is C16H20N2O2S. The Labute approximate surface area is 128 Å². The van der Waals surface area contributed by atoms with Gasteiger partial charge in [0, 0.05) is 17.3 Å². The lowest BCUT2D eigenvalue weighted by atomic mass is 10.1. The van der Waals surface area contributed by atoms with Crippen LogP contribution in [0.4, 0.5) is 4.79 Å². The van der Waals surface area contributed by atoms with Gasteiger partial charge in [0.1, 0.15) is 0 Å². The van der Waals surface area contributed by atoms with Crippen LogP contribution in [0.2, 0.25) is 0 Å². The third-order valence-corrected chi connectivity index (χ3v) is 4.05. The van der Waals surface area contributed by atoms with Crippen LogP contribution in [0.3, 0.4) is 0 Å². The summed E-state index contributed by atoms with van der Waals surface area (Å²) in [7, 11) is 0. The van der Waals surface area contributed by atoms with Gasteiger partial charge < -0.3 is 15.7 Å². The molecule has 0 spiro atoms. The Morgan fingerprint density at radius 1 is 1.19 bits per heavy atom. The first kappa shape index (κ1) is 15.5. The van der Waals surface area contributed by atoms with E-state index in [1.165, 1.54) is 4.88 Å². The SMILES string of the molecule is CC(Cc1cccs1)NC(=O)N[C@H](CO)c1ccccc1. The third kappa shape index (κ3) is 4.88. The molecule has 5 heteroatoms. The van der Waals surface area contributed by atoms with Gasteiger partial charge in [0.15, 0.2) is 0 Å². The molecular weight excluding hydrogens is 284 g/mol. The van der Waals surface area contributed by atoms with E-state index in [4.69, 9.17) is 0 Å². The first-order valence-corrected chi connectivity index (χ1v) is 7.82. The topological polar surface area (TPSA) is 61.4 Å². The van der Waals surface area contributed by atoms with Crippen molar-refractivity contribution in [3.8, 4) is 0 Å². The highest BCUT2D eigenvalue weighted by Gasteiger charge is 2.15. The summed E-state index contributed by atoms with van der Waals surface area (Å²) in [4.78, 5) is 13.2. The minimum Gasteiger partial charge on any atom is -0.394 e. The summed E-state index contributed by atoms with van der Waals surface area (Å²) in [5.41, 5.74) is 0.890. The summed E-state index contributed by atoms with van der Waals surface area (Å²) < 4.78 is 0. The predicted octanol–water partition coefficient (Wildman–Crippen LogP) is 2.71. The van der Waals surface area contributed by atoms with Crippen molar-refractivity contribution in [3.63, 3.8) is 0 Å². The second kappa shape index (κ2) is 7.81. The molecule has 0 aliphatic rings. The first-order valence-electron chi connectivity index (χ1n) is 6.94. The van der Waals surface area contributed by atoms with Crippen molar-refractivity contribution in [2.75, 3.05) is 6.61 Å². The van der Waals surface area contributed by atoms with E-state index in [0.29, 0.717) is 0 Å². The monoisotopic (exact) mass is 304 g/mol. The van der Waals surface area contributed by atoms with Gasteiger partial charge in [0.05, 0.1) is 12.6 Å². The van der Waals surface area contributed by atoms with Crippen molar-refractivity contribution in [2.45, 2.75) is 25.4 Å². The van der Waals surface area contributed by atoms with Crippen molar-refractivity contribution in [2.24, 2.45) is 0 Å². The van der Waals surface area contributed by atoms with Crippen molar-refractivity contribution in [1.82, 2.24) is 10.6 Å². The number of nitrogens with one attached hydrogen (secondary N) is 2. The first-order chi connectivity index (χ1) is 10.2. The van der Waals surface area contributed by atoms with Crippen LogP contribution in [0.5, 0.6) is 0 Å². The van der Waals surface area contributed by atoms with E-state index in [2.05, 4.69) is 16.7 Å². The molecule has 1 unspecified atom stereocenters. The largest absolute Gasteiger partial charge is 0.394 e. The molecule has 2 atom stereocenters. The Bertz CT molecular complexity index is 543. The van der Waals surface area contributed by atoms with Gasteiger partial charge in [-0.25, -0.2) is 4.79 Å². The maximum atomic E-state index is 12.0. The highest BCUT2D eigenvalue weighted by atomic mass is 32.1. The van der Waals surface area contributed by atoms with E-state index in [0.717, 1.165) is 12.0 Å². The predicted molar refractivity (Wildman–Crippen MR) is 85.4 cm³/mol. The van der Waals surface area contributed by atoms with E-state index in [1.54, 1.807) is 11.3 Å². The Balaban J connectivity index is 1.85. The molecule has 0 saturated carbocycles. The van der Waals surface area contributed by atoms with Gasteiger partial charge >= 0.3 is 6.03 Å². The highest BCUT2D eigenvalue weighted by Crippen LogP contribution is 2.12. The average Bonchev–Trinajstić information content (AvgIpc) is 2.98. The number of urea groups is 1. The zero-order valence-corrected chi connectivity index (χ0v) is 12.8. The van der Waals surface area contributed by atoms with E-state index >= 15 is 0 Å². The van der Waals surface area contributed by atoms with Gasteiger partial charge in [0.2, 0.25) is 0 Å². The van der Waals surface area contributed by atoms with E-state index in [9.17, 15) is 9.90 Å². The molecule has 0 saturated heterocycles. The molecule has 0 bridgehead atoms. The summed E-state index contributed by atoms with van der Waals surface area (Å²) in [6.07, 6.45) is 0.806. The second-order valence-electron chi connectivity index (χ2n) is 4.95. The number of aliphatic hydroxyl groups is 1. The van der Waals surface area contributed by atoms with Crippen LogP contribution in [-0.4, -0.2) is 23.8 Å². The van der Waals surface area contributed by atoms with Gasteiger partial charge in [0.25, 0.3) is 0 Å². The molecule has 0 radical (unpaired) electrons. The standard InChI is InChI=1S/C16H20N2O2S/c1-12(10-14-8-5-9-21-14)17-16(20)18-15(11-19)13-6-3-2-4-7-13/h2-9,12,15,19H,10-11H2,1H3,(H2,17,18,20)/t12?,15-/m1/s1. The quantitative estimate of drug-likeness (QED) is 0.768. The van der Waals surface area contributed by atoms with Gasteiger partial charge in [-0.05, 0) is 23.9 Å². The summed E-state index contributed by atoms with van der Waals surface area (Å²) in [5, 5.41) is 17.2. The van der Waals surface area contributed by atoms with Crippen LogP contribution < -0.4 is 10.6 Å². The minimum absolute atomic E-state index is 0.0405. The highest BCUT2D eigenvalue weighted by molar-refractivity contribution is 7.09. The van der Waals surface area contributed by atoms with Crippen LogP contribution >= 0.6 is 11.3 Å². The van der Waals surface area contributed by atoms with Crippen molar-refractivity contribution in [3.05, 3.63) is 58.3 Å². The van der Waals surface area contributed by atoms with Crippen LogP contribution in [0, 0.1) is 0 Å². The Hall–Kier alpha value is -1.85. The average molecular weight is 304 g/mol. The maximum absolute atomic E-state index is 12.0. The number of carbonyl (C=O) groups is 1. The summed E-state index contributed by atoms with van der Waals surface area (Å²) in [5.74, 6) is 0. The van der Waals surface area contributed by atoms with E-state index in [1.807, 2.05) is 48.7 Å². The second-order valence-corrected chi connectivity index (χ2v) is 5.98. The van der Waals surface area contributed by atoms with Crippen LogP contribution in [0.25, 0.3) is 0 Å². The van der Waals surface area contributed by atoms with Gasteiger partial charge in [-0.1, -0.05) is 36.4 Å². The van der Waals surface area contributed by atoms with Gasteiger partial charge in [-0.3, -0.25) is 0 Å². The smallest absolute Gasteiger partial charge is 0.315 e. The molecule has 0 fully saturated rings. The Kier molecular flexibility index (Phi) is 5.78. The number of hydrogen-bond donors (Lipinski definition) is 3. The van der Waals surface area contributed by atoms with E-state index < -0.39 is 0 Å². The molecule has 2 amide bonds. The Morgan fingerprint density at radius 2 is 1.95 bits per heavy atom. The number of thiophene rings is 1. The number of amides is 2. The molecule has 112 valence electrons. The molecule has 1 heterocycles. The Morgan fingerprint density at radius 3 is 2.57 bits per heavy atom. The number of carbonyl (C=O) groups excluding carboxylic acids is 1. The molecule has 3 N–H and O–H groups in total. The zero-order valence-electron chi connectivity index (χ0n) is 12.0.